The molecule has 1 aromatic heterocycles. The predicted molar refractivity (Wildman–Crippen MR) is 63.7 cm³/mol. The first-order chi connectivity index (χ1) is 6.68. The fourth-order valence-corrected chi connectivity index (χ4v) is 2.58. The van der Waals surface area contributed by atoms with Crippen LogP contribution in [0.25, 0.3) is 0 Å². The van der Waals surface area contributed by atoms with Gasteiger partial charge in [0.1, 0.15) is 13.8 Å². The fraction of sp³-hybridized carbons (Fsp3) is 0.375. The van der Waals surface area contributed by atoms with Gasteiger partial charge in [0.25, 0.3) is 10.0 Å². The monoisotopic (exact) mass is 260 g/mol. The third kappa shape index (κ3) is 4.13. The molecule has 4 nitrogen and oxygen atoms in total. The standard InChI is InChI=1S/C8H12N2O2S2Si/c1-15(2,3)5-4-7-6-13-8(10-7)14(9,11)12/h6H,1-3H3,(H2,9,11,12). The van der Waals surface area contributed by atoms with Crippen LogP contribution >= 0.6 is 11.3 Å². The largest absolute Gasteiger partial charge is 0.265 e. The second kappa shape index (κ2) is 4.06. The number of sulfonamides is 1. The van der Waals surface area contributed by atoms with Crippen LogP contribution in [-0.4, -0.2) is 21.5 Å². The SMILES string of the molecule is C[Si](C)(C)C#Cc1csc(S(N)(=O)=O)n1. The second-order valence-corrected chi connectivity index (χ2v) is 11.4. The lowest BCUT2D eigenvalue weighted by molar-refractivity contribution is 0.597. The van der Waals surface area contributed by atoms with Crippen molar-refractivity contribution in [3.8, 4) is 11.5 Å². The Labute approximate surface area is 94.6 Å². The summed E-state index contributed by atoms with van der Waals surface area (Å²) in [5.41, 5.74) is 3.58. The average Bonchev–Trinajstić information content (AvgIpc) is 2.45. The van der Waals surface area contributed by atoms with E-state index in [2.05, 4.69) is 36.1 Å². The van der Waals surface area contributed by atoms with Gasteiger partial charge in [-0.05, 0) is 0 Å². The number of aromatic nitrogens is 1. The van der Waals surface area contributed by atoms with Gasteiger partial charge in [0.2, 0.25) is 4.34 Å². The number of nitrogens with zero attached hydrogens (tertiary/aromatic N) is 1. The van der Waals surface area contributed by atoms with Crippen molar-refractivity contribution < 1.29 is 8.42 Å². The zero-order valence-corrected chi connectivity index (χ0v) is 11.4. The number of thiazole rings is 1. The van der Waals surface area contributed by atoms with Gasteiger partial charge in [0.05, 0.1) is 0 Å². The van der Waals surface area contributed by atoms with E-state index in [-0.39, 0.29) is 4.34 Å². The molecule has 0 unspecified atom stereocenters. The van der Waals surface area contributed by atoms with Crippen molar-refractivity contribution in [1.29, 1.82) is 0 Å². The van der Waals surface area contributed by atoms with Crippen LogP contribution in [-0.2, 0) is 10.0 Å². The van der Waals surface area contributed by atoms with Gasteiger partial charge in [-0.15, -0.1) is 16.9 Å². The van der Waals surface area contributed by atoms with Gasteiger partial charge < -0.3 is 0 Å². The van der Waals surface area contributed by atoms with E-state index in [1.807, 2.05) is 0 Å². The molecule has 0 atom stereocenters. The summed E-state index contributed by atoms with van der Waals surface area (Å²) in [4.78, 5) is 3.84. The summed E-state index contributed by atoms with van der Waals surface area (Å²) < 4.78 is 21.8. The molecule has 1 aromatic rings. The number of hydrogen-bond acceptors (Lipinski definition) is 4. The molecule has 0 bridgehead atoms. The molecule has 0 spiro atoms. The summed E-state index contributed by atoms with van der Waals surface area (Å²) >= 11 is 0.996. The number of nitrogens with two attached hydrogens (primary N) is 1. The van der Waals surface area contributed by atoms with Crippen LogP contribution in [0.5, 0.6) is 0 Å². The first-order valence-electron chi connectivity index (χ1n) is 4.20. The summed E-state index contributed by atoms with van der Waals surface area (Å²) in [7, 11) is -5.14. The van der Waals surface area contributed by atoms with Crippen molar-refractivity contribution in [3.63, 3.8) is 0 Å². The van der Waals surface area contributed by atoms with E-state index >= 15 is 0 Å². The van der Waals surface area contributed by atoms with E-state index < -0.39 is 18.1 Å². The number of hydrogen-bond donors (Lipinski definition) is 1. The van der Waals surface area contributed by atoms with Crippen LogP contribution in [0.1, 0.15) is 5.69 Å². The van der Waals surface area contributed by atoms with Gasteiger partial charge in [-0.25, -0.2) is 18.5 Å². The molecule has 0 radical (unpaired) electrons. The Hall–Kier alpha value is -0.683. The lowest BCUT2D eigenvalue weighted by Gasteiger charge is -2.02. The van der Waals surface area contributed by atoms with Crippen LogP contribution in [0, 0.1) is 11.5 Å². The van der Waals surface area contributed by atoms with Gasteiger partial charge in [0, 0.05) is 5.38 Å². The molecule has 0 aliphatic heterocycles. The van der Waals surface area contributed by atoms with Gasteiger partial charge >= 0.3 is 0 Å². The van der Waals surface area contributed by atoms with Crippen molar-refractivity contribution in [2.45, 2.75) is 24.0 Å². The quantitative estimate of drug-likeness (QED) is 0.605. The molecule has 0 aromatic carbocycles. The molecular weight excluding hydrogens is 248 g/mol. The van der Waals surface area contributed by atoms with Gasteiger partial charge in [-0.3, -0.25) is 0 Å². The van der Waals surface area contributed by atoms with E-state index in [1.165, 1.54) is 0 Å². The molecule has 0 saturated heterocycles. The maximum Gasteiger partial charge on any atom is 0.265 e. The molecule has 1 rings (SSSR count). The van der Waals surface area contributed by atoms with Crippen LogP contribution in [0.3, 0.4) is 0 Å². The summed E-state index contributed by atoms with van der Waals surface area (Å²) in [6.07, 6.45) is 0. The molecular formula is C8H12N2O2S2Si. The predicted octanol–water partition coefficient (Wildman–Crippen LogP) is 1.02. The summed E-state index contributed by atoms with van der Waals surface area (Å²) in [5.74, 6) is 2.87. The number of rotatable bonds is 1. The van der Waals surface area contributed by atoms with E-state index in [1.54, 1.807) is 5.38 Å². The van der Waals surface area contributed by atoms with Gasteiger partial charge in [-0.1, -0.05) is 25.6 Å². The Bertz CT molecular complexity index is 517. The fourth-order valence-electron chi connectivity index (χ4n) is 0.697. The molecule has 1 heterocycles. The highest BCUT2D eigenvalue weighted by Crippen LogP contribution is 2.13. The molecule has 15 heavy (non-hydrogen) atoms. The lowest BCUT2D eigenvalue weighted by Crippen LogP contribution is -2.16. The normalized spacial score (nSPS) is 12.0. The molecule has 7 heteroatoms. The highest BCUT2D eigenvalue weighted by Gasteiger charge is 2.13. The van der Waals surface area contributed by atoms with Crippen molar-refractivity contribution in [1.82, 2.24) is 4.98 Å². The average molecular weight is 260 g/mol. The zero-order chi connectivity index (χ0) is 11.7. The molecule has 0 fully saturated rings. The van der Waals surface area contributed by atoms with E-state index in [0.717, 1.165) is 11.3 Å². The second-order valence-electron chi connectivity index (χ2n) is 4.04. The summed E-state index contributed by atoms with van der Waals surface area (Å²) in [5, 5.41) is 6.54. The van der Waals surface area contributed by atoms with Crippen molar-refractivity contribution in [2.75, 3.05) is 0 Å². The topological polar surface area (TPSA) is 73.1 Å². The molecule has 0 aliphatic carbocycles. The minimum atomic E-state index is -3.68. The van der Waals surface area contributed by atoms with Crippen LogP contribution in [0.2, 0.25) is 19.6 Å². The van der Waals surface area contributed by atoms with Crippen LogP contribution in [0.4, 0.5) is 0 Å². The first-order valence-corrected chi connectivity index (χ1v) is 10.1. The molecule has 0 amide bonds. The van der Waals surface area contributed by atoms with E-state index in [0.29, 0.717) is 5.69 Å². The van der Waals surface area contributed by atoms with Crippen molar-refractivity contribution in [2.24, 2.45) is 5.14 Å². The highest BCUT2D eigenvalue weighted by molar-refractivity contribution is 7.91. The summed E-state index contributed by atoms with van der Waals surface area (Å²) in [6, 6.07) is 0. The Kier molecular flexibility index (Phi) is 3.35. The smallest absolute Gasteiger partial charge is 0.223 e. The van der Waals surface area contributed by atoms with Gasteiger partial charge in [0.15, 0.2) is 0 Å². The minimum Gasteiger partial charge on any atom is -0.223 e. The van der Waals surface area contributed by atoms with E-state index in [4.69, 9.17) is 5.14 Å². The maximum atomic E-state index is 10.9. The first kappa shape index (κ1) is 12.4. The Morgan fingerprint density at radius 2 is 2.07 bits per heavy atom. The Morgan fingerprint density at radius 3 is 2.47 bits per heavy atom. The molecule has 0 aliphatic rings. The third-order valence-electron chi connectivity index (χ3n) is 1.29. The molecule has 2 N–H and O–H groups in total. The molecule has 82 valence electrons. The van der Waals surface area contributed by atoms with Crippen molar-refractivity contribution in [3.05, 3.63) is 11.1 Å². The lowest BCUT2D eigenvalue weighted by atomic mass is 10.5. The van der Waals surface area contributed by atoms with E-state index in [9.17, 15) is 8.42 Å². The summed E-state index contributed by atoms with van der Waals surface area (Å²) in [6.45, 7) is 6.31. The Morgan fingerprint density at radius 1 is 1.47 bits per heavy atom. The minimum absolute atomic E-state index is 0.0811. The maximum absolute atomic E-state index is 10.9. The van der Waals surface area contributed by atoms with Crippen LogP contribution < -0.4 is 5.14 Å². The zero-order valence-electron chi connectivity index (χ0n) is 8.73. The number of primary sulfonamides is 1. The van der Waals surface area contributed by atoms with Crippen LogP contribution in [0.15, 0.2) is 9.72 Å². The highest BCUT2D eigenvalue weighted by atomic mass is 32.2. The van der Waals surface area contributed by atoms with Crippen molar-refractivity contribution >= 4 is 29.4 Å². The molecule has 0 saturated carbocycles. The Balaban J connectivity index is 3.00. The third-order valence-corrected chi connectivity index (χ3v) is 4.36. The van der Waals surface area contributed by atoms with Gasteiger partial charge in [-0.2, -0.15) is 0 Å².